The van der Waals surface area contributed by atoms with Crippen LogP contribution < -0.4 is 5.32 Å². The van der Waals surface area contributed by atoms with Gasteiger partial charge in [0, 0.05) is 32.5 Å². The van der Waals surface area contributed by atoms with E-state index in [4.69, 9.17) is 4.74 Å². The van der Waals surface area contributed by atoms with Gasteiger partial charge < -0.3 is 19.5 Å². The zero-order chi connectivity index (χ0) is 17.8. The van der Waals surface area contributed by atoms with Gasteiger partial charge in [0.05, 0.1) is 12.7 Å². The highest BCUT2D eigenvalue weighted by Gasteiger charge is 2.27. The van der Waals surface area contributed by atoms with Gasteiger partial charge >= 0.3 is 6.03 Å². The summed E-state index contributed by atoms with van der Waals surface area (Å²) in [5.41, 5.74) is 0.656. The lowest BCUT2D eigenvalue weighted by Gasteiger charge is -2.33. The maximum absolute atomic E-state index is 13.7. The first-order valence-electron chi connectivity index (χ1n) is 8.48. The smallest absolute Gasteiger partial charge is 0.318 e. The monoisotopic (exact) mass is 346 g/mol. The Morgan fingerprint density at radius 3 is 3.04 bits per heavy atom. The van der Waals surface area contributed by atoms with E-state index in [1.54, 1.807) is 29.4 Å². The third-order valence-electron chi connectivity index (χ3n) is 4.45. The van der Waals surface area contributed by atoms with Crippen LogP contribution in [0.1, 0.15) is 30.8 Å². The molecular formula is C18H23FN4O2. The van der Waals surface area contributed by atoms with Gasteiger partial charge in [-0.2, -0.15) is 0 Å². The van der Waals surface area contributed by atoms with Crippen LogP contribution in [0.3, 0.4) is 0 Å². The van der Waals surface area contributed by atoms with Crippen LogP contribution in [0, 0.1) is 5.82 Å². The summed E-state index contributed by atoms with van der Waals surface area (Å²) in [7, 11) is 1.85. The summed E-state index contributed by atoms with van der Waals surface area (Å²) >= 11 is 0. The van der Waals surface area contributed by atoms with Crippen molar-refractivity contribution in [3.05, 3.63) is 53.9 Å². The van der Waals surface area contributed by atoms with Crippen LogP contribution in [0.2, 0.25) is 0 Å². The van der Waals surface area contributed by atoms with Crippen LogP contribution in [0.4, 0.5) is 9.18 Å². The second-order valence-corrected chi connectivity index (χ2v) is 6.18. The van der Waals surface area contributed by atoms with E-state index in [1.807, 2.05) is 18.5 Å². The van der Waals surface area contributed by atoms with Crippen molar-refractivity contribution in [3.63, 3.8) is 0 Å². The number of aryl methyl sites for hydroxylation is 1. The maximum atomic E-state index is 13.7. The number of hydrogen-bond donors (Lipinski definition) is 1. The molecule has 0 aliphatic carbocycles. The van der Waals surface area contributed by atoms with Gasteiger partial charge in [-0.05, 0) is 24.1 Å². The fraction of sp³-hybridized carbons (Fsp3) is 0.444. The lowest BCUT2D eigenvalue weighted by molar-refractivity contribution is -0.0156. The van der Waals surface area contributed by atoms with Crippen LogP contribution in [-0.2, 0) is 11.8 Å². The number of urea groups is 1. The van der Waals surface area contributed by atoms with E-state index in [2.05, 4.69) is 10.3 Å². The third kappa shape index (κ3) is 3.99. The summed E-state index contributed by atoms with van der Waals surface area (Å²) in [6, 6.07) is 5.51. The number of aromatic nitrogens is 2. The minimum atomic E-state index is -0.522. The molecule has 7 heteroatoms. The van der Waals surface area contributed by atoms with Crippen LogP contribution in [0.15, 0.2) is 36.7 Å². The second kappa shape index (κ2) is 7.65. The van der Waals surface area contributed by atoms with Gasteiger partial charge in [0.25, 0.3) is 0 Å². The van der Waals surface area contributed by atoms with E-state index in [0.29, 0.717) is 31.1 Å². The van der Waals surface area contributed by atoms with Gasteiger partial charge in [-0.3, -0.25) is 0 Å². The first-order chi connectivity index (χ1) is 12.1. The number of hydrogen-bond acceptors (Lipinski definition) is 3. The largest absolute Gasteiger partial charge is 0.375 e. The Balaban J connectivity index is 1.83. The van der Waals surface area contributed by atoms with Crippen molar-refractivity contribution in [2.45, 2.75) is 25.5 Å². The minimum Gasteiger partial charge on any atom is -0.375 e. The molecule has 1 aliphatic heterocycles. The van der Waals surface area contributed by atoms with Crippen LogP contribution in [0.25, 0.3) is 0 Å². The zero-order valence-corrected chi connectivity index (χ0v) is 14.5. The van der Waals surface area contributed by atoms with Crippen molar-refractivity contribution in [1.29, 1.82) is 0 Å². The van der Waals surface area contributed by atoms with Crippen molar-refractivity contribution in [2.75, 3.05) is 19.7 Å². The Morgan fingerprint density at radius 1 is 1.52 bits per heavy atom. The van der Waals surface area contributed by atoms with Crippen molar-refractivity contribution in [3.8, 4) is 0 Å². The average molecular weight is 346 g/mol. The molecule has 2 atom stereocenters. The van der Waals surface area contributed by atoms with Crippen LogP contribution >= 0.6 is 0 Å². The molecule has 0 spiro atoms. The first kappa shape index (κ1) is 17.4. The molecule has 0 radical (unpaired) electrons. The second-order valence-electron chi connectivity index (χ2n) is 6.18. The standard InChI is InChI=1S/C18H23FN4O2/c1-3-15-12-23(9-10-25-15)18(24)21-16(17-20-7-8-22(17)2)13-5-4-6-14(19)11-13/h4-8,11,15-16H,3,9-10,12H2,1-2H3,(H,21,24). The summed E-state index contributed by atoms with van der Waals surface area (Å²) in [5.74, 6) is 0.308. The number of carbonyl (C=O) groups is 1. The van der Waals surface area contributed by atoms with Gasteiger partial charge in [-0.25, -0.2) is 14.2 Å². The van der Waals surface area contributed by atoms with Gasteiger partial charge in [0.2, 0.25) is 0 Å². The molecule has 3 rings (SSSR count). The summed E-state index contributed by atoms with van der Waals surface area (Å²) in [5, 5.41) is 3.00. The number of morpholine rings is 1. The molecule has 2 amide bonds. The van der Waals surface area contributed by atoms with E-state index < -0.39 is 6.04 Å². The van der Waals surface area contributed by atoms with Gasteiger partial charge in [0.15, 0.2) is 0 Å². The van der Waals surface area contributed by atoms with Crippen molar-refractivity contribution in [2.24, 2.45) is 7.05 Å². The third-order valence-corrected chi connectivity index (χ3v) is 4.45. The first-order valence-corrected chi connectivity index (χ1v) is 8.48. The minimum absolute atomic E-state index is 0.0558. The number of ether oxygens (including phenoxy) is 1. The Kier molecular flexibility index (Phi) is 5.33. The van der Waals surface area contributed by atoms with Gasteiger partial charge in [-0.1, -0.05) is 19.1 Å². The number of nitrogens with one attached hydrogen (secondary N) is 1. The van der Waals surface area contributed by atoms with Crippen molar-refractivity contribution >= 4 is 6.03 Å². The molecule has 2 unspecified atom stereocenters. The number of rotatable bonds is 4. The molecule has 1 aromatic heterocycles. The Labute approximate surface area is 146 Å². The lowest BCUT2D eigenvalue weighted by atomic mass is 10.1. The number of amides is 2. The summed E-state index contributed by atoms with van der Waals surface area (Å²) < 4.78 is 21.1. The van der Waals surface area contributed by atoms with Gasteiger partial charge in [-0.15, -0.1) is 0 Å². The number of nitrogens with zero attached hydrogens (tertiary/aromatic N) is 3. The van der Waals surface area contributed by atoms with Crippen LogP contribution in [0.5, 0.6) is 0 Å². The van der Waals surface area contributed by atoms with Crippen molar-refractivity contribution in [1.82, 2.24) is 19.8 Å². The molecule has 1 N–H and O–H groups in total. The Hall–Kier alpha value is -2.41. The number of imidazole rings is 1. The SMILES string of the molecule is CCC1CN(C(=O)NC(c2cccc(F)c2)c2nccn2C)CCO1. The summed E-state index contributed by atoms with van der Waals surface area (Å²) in [4.78, 5) is 18.8. The number of halogens is 1. The maximum Gasteiger partial charge on any atom is 0.318 e. The molecule has 6 nitrogen and oxygen atoms in total. The average Bonchev–Trinajstić information content (AvgIpc) is 3.05. The van der Waals surface area contributed by atoms with E-state index in [1.165, 1.54) is 12.1 Å². The Bertz CT molecular complexity index is 733. The molecule has 2 aromatic rings. The highest BCUT2D eigenvalue weighted by atomic mass is 19.1. The van der Waals surface area contributed by atoms with Gasteiger partial charge in [0.1, 0.15) is 17.7 Å². The molecule has 1 fully saturated rings. The van der Waals surface area contributed by atoms with Crippen molar-refractivity contribution < 1.29 is 13.9 Å². The number of carbonyl (C=O) groups excluding carboxylic acids is 1. The molecule has 1 aliphatic rings. The fourth-order valence-electron chi connectivity index (χ4n) is 3.00. The van der Waals surface area contributed by atoms with E-state index in [-0.39, 0.29) is 18.0 Å². The summed E-state index contributed by atoms with van der Waals surface area (Å²) in [6.07, 6.45) is 4.38. The fourth-order valence-corrected chi connectivity index (χ4v) is 3.00. The van der Waals surface area contributed by atoms with Crippen LogP contribution in [-0.4, -0.2) is 46.3 Å². The predicted molar refractivity (Wildman–Crippen MR) is 91.6 cm³/mol. The normalized spacial score (nSPS) is 18.8. The quantitative estimate of drug-likeness (QED) is 0.925. The predicted octanol–water partition coefficient (Wildman–Crippen LogP) is 2.47. The molecule has 2 heterocycles. The molecule has 1 saturated heterocycles. The molecule has 1 aromatic carbocycles. The topological polar surface area (TPSA) is 59.4 Å². The highest BCUT2D eigenvalue weighted by molar-refractivity contribution is 5.75. The van der Waals surface area contributed by atoms with E-state index >= 15 is 0 Å². The molecular weight excluding hydrogens is 323 g/mol. The Morgan fingerprint density at radius 2 is 2.36 bits per heavy atom. The zero-order valence-electron chi connectivity index (χ0n) is 14.5. The van der Waals surface area contributed by atoms with E-state index in [0.717, 1.165) is 6.42 Å². The summed E-state index contributed by atoms with van der Waals surface area (Å²) in [6.45, 7) is 3.66. The molecule has 134 valence electrons. The number of benzene rings is 1. The molecule has 0 bridgehead atoms. The van der Waals surface area contributed by atoms with E-state index in [9.17, 15) is 9.18 Å². The highest BCUT2D eigenvalue weighted by Crippen LogP contribution is 2.22. The molecule has 0 saturated carbocycles. The molecule has 25 heavy (non-hydrogen) atoms. The lowest BCUT2D eigenvalue weighted by Crippen LogP contribution is -2.50.